The average molecular weight is 344 g/mol. The van der Waals surface area contributed by atoms with E-state index >= 15 is 0 Å². The number of halogens is 2. The molecule has 0 unspecified atom stereocenters. The Bertz CT molecular complexity index is 760. The lowest BCUT2D eigenvalue weighted by atomic mass is 10.0. The van der Waals surface area contributed by atoms with Crippen LogP contribution in [0.5, 0.6) is 0 Å². The average Bonchev–Trinajstić information content (AvgIpc) is 2.61. The van der Waals surface area contributed by atoms with Crippen molar-refractivity contribution in [2.24, 2.45) is 0 Å². The van der Waals surface area contributed by atoms with Gasteiger partial charge in [-0.05, 0) is 37.1 Å². The topological polar surface area (TPSA) is 49.4 Å². The highest BCUT2D eigenvalue weighted by Crippen LogP contribution is 2.15. The first-order valence-electron chi connectivity index (χ1n) is 8.14. The molecule has 6 heteroatoms. The van der Waals surface area contributed by atoms with Crippen molar-refractivity contribution in [3.8, 4) is 0 Å². The maximum Gasteiger partial charge on any atom is 0.253 e. The number of rotatable bonds is 3. The molecule has 2 aromatic rings. The fraction of sp³-hybridized carbons (Fsp3) is 0.263. The van der Waals surface area contributed by atoms with Crippen LogP contribution in [0.3, 0.4) is 0 Å². The van der Waals surface area contributed by atoms with Crippen LogP contribution in [0.2, 0.25) is 0 Å². The van der Waals surface area contributed by atoms with Crippen molar-refractivity contribution in [3.05, 3.63) is 71.3 Å². The number of carbonyl (C=O) groups is 2. The van der Waals surface area contributed by atoms with Crippen molar-refractivity contribution in [2.45, 2.75) is 18.9 Å². The van der Waals surface area contributed by atoms with Crippen LogP contribution < -0.4 is 5.32 Å². The molecule has 1 heterocycles. The predicted octanol–water partition coefficient (Wildman–Crippen LogP) is 3.00. The van der Waals surface area contributed by atoms with Gasteiger partial charge < -0.3 is 10.2 Å². The summed E-state index contributed by atoms with van der Waals surface area (Å²) in [5.41, 5.74) is 0.533. The van der Waals surface area contributed by atoms with E-state index in [1.807, 2.05) is 6.07 Å². The first-order valence-corrected chi connectivity index (χ1v) is 8.14. The van der Waals surface area contributed by atoms with Crippen LogP contribution in [0.1, 0.15) is 33.6 Å². The van der Waals surface area contributed by atoms with Gasteiger partial charge in [0.1, 0.15) is 11.6 Å². The fourth-order valence-electron chi connectivity index (χ4n) is 3.00. The zero-order chi connectivity index (χ0) is 17.8. The first kappa shape index (κ1) is 17.1. The summed E-state index contributed by atoms with van der Waals surface area (Å²) in [6.45, 7) is 0.992. The second kappa shape index (κ2) is 7.42. The van der Waals surface area contributed by atoms with Gasteiger partial charge in [-0.3, -0.25) is 9.59 Å². The van der Waals surface area contributed by atoms with Gasteiger partial charge in [0.15, 0.2) is 0 Å². The van der Waals surface area contributed by atoms with Gasteiger partial charge in [0, 0.05) is 36.3 Å². The minimum atomic E-state index is -0.797. The number of amides is 2. The normalized spacial score (nSPS) is 17.2. The van der Waals surface area contributed by atoms with Crippen LogP contribution in [-0.2, 0) is 0 Å². The molecule has 25 heavy (non-hydrogen) atoms. The summed E-state index contributed by atoms with van der Waals surface area (Å²) in [6.07, 6.45) is 1.46. The van der Waals surface area contributed by atoms with E-state index in [1.54, 1.807) is 29.2 Å². The maximum absolute atomic E-state index is 13.2. The largest absolute Gasteiger partial charge is 0.348 e. The van der Waals surface area contributed by atoms with E-state index in [4.69, 9.17) is 0 Å². The van der Waals surface area contributed by atoms with Gasteiger partial charge in [-0.25, -0.2) is 8.78 Å². The third-order valence-electron chi connectivity index (χ3n) is 4.19. The number of likely N-dealkylation sites (tertiary alicyclic amines) is 1. The third kappa shape index (κ3) is 4.21. The second-order valence-electron chi connectivity index (χ2n) is 6.09. The van der Waals surface area contributed by atoms with E-state index < -0.39 is 17.5 Å². The molecule has 1 N–H and O–H groups in total. The molecule has 0 radical (unpaired) electrons. The maximum atomic E-state index is 13.2. The molecule has 2 amide bonds. The summed E-state index contributed by atoms with van der Waals surface area (Å²) in [5, 5.41) is 2.76. The Morgan fingerprint density at radius 1 is 1.00 bits per heavy atom. The summed E-state index contributed by atoms with van der Waals surface area (Å²) in [7, 11) is 0. The summed E-state index contributed by atoms with van der Waals surface area (Å²) >= 11 is 0. The quantitative estimate of drug-likeness (QED) is 0.931. The Labute approximate surface area is 144 Å². The fourth-order valence-corrected chi connectivity index (χ4v) is 3.00. The third-order valence-corrected chi connectivity index (χ3v) is 4.19. The SMILES string of the molecule is O=C(N[C@H]1CCCN(C(=O)c2ccccc2)C1)c1cc(F)cc(F)c1. The van der Waals surface area contributed by atoms with Crippen molar-refractivity contribution in [1.82, 2.24) is 10.2 Å². The van der Waals surface area contributed by atoms with Crippen LogP contribution in [0, 0.1) is 11.6 Å². The lowest BCUT2D eigenvalue weighted by molar-refractivity contribution is 0.0676. The number of piperidine rings is 1. The van der Waals surface area contributed by atoms with E-state index in [0.717, 1.165) is 24.6 Å². The Morgan fingerprint density at radius 2 is 1.68 bits per heavy atom. The van der Waals surface area contributed by atoms with Gasteiger partial charge in [0.25, 0.3) is 11.8 Å². The predicted molar refractivity (Wildman–Crippen MR) is 89.2 cm³/mol. The molecule has 0 bridgehead atoms. The molecule has 0 saturated carbocycles. The van der Waals surface area contributed by atoms with Gasteiger partial charge in [-0.2, -0.15) is 0 Å². The number of benzene rings is 2. The zero-order valence-electron chi connectivity index (χ0n) is 13.5. The smallest absolute Gasteiger partial charge is 0.253 e. The highest BCUT2D eigenvalue weighted by Gasteiger charge is 2.26. The number of nitrogens with zero attached hydrogens (tertiary/aromatic N) is 1. The molecule has 1 fully saturated rings. The Morgan fingerprint density at radius 3 is 2.36 bits per heavy atom. The lowest BCUT2D eigenvalue weighted by Gasteiger charge is -2.33. The summed E-state index contributed by atoms with van der Waals surface area (Å²) in [4.78, 5) is 26.4. The van der Waals surface area contributed by atoms with Gasteiger partial charge in [-0.15, -0.1) is 0 Å². The second-order valence-corrected chi connectivity index (χ2v) is 6.09. The molecule has 0 aromatic heterocycles. The van der Waals surface area contributed by atoms with Crippen LogP contribution in [0.25, 0.3) is 0 Å². The van der Waals surface area contributed by atoms with E-state index in [0.29, 0.717) is 25.1 Å². The lowest BCUT2D eigenvalue weighted by Crippen LogP contribution is -2.49. The molecule has 1 aliphatic rings. The van der Waals surface area contributed by atoms with Crippen molar-refractivity contribution in [1.29, 1.82) is 0 Å². The van der Waals surface area contributed by atoms with Crippen molar-refractivity contribution in [3.63, 3.8) is 0 Å². The van der Waals surface area contributed by atoms with Crippen LogP contribution in [-0.4, -0.2) is 35.8 Å². The molecular weight excluding hydrogens is 326 g/mol. The molecule has 1 aliphatic heterocycles. The summed E-state index contributed by atoms with van der Waals surface area (Å²) in [6, 6.07) is 11.4. The number of hydrogen-bond donors (Lipinski definition) is 1. The molecule has 1 saturated heterocycles. The monoisotopic (exact) mass is 344 g/mol. The standard InChI is InChI=1S/C19H18F2N2O2/c20-15-9-14(10-16(21)11-15)18(24)22-17-7-4-8-23(12-17)19(25)13-5-2-1-3-6-13/h1-3,5-6,9-11,17H,4,7-8,12H2,(H,22,24)/t17-/m0/s1. The van der Waals surface area contributed by atoms with Crippen molar-refractivity contribution < 1.29 is 18.4 Å². The highest BCUT2D eigenvalue weighted by atomic mass is 19.1. The minimum absolute atomic E-state index is 0.0657. The van der Waals surface area contributed by atoms with Gasteiger partial charge in [0.05, 0.1) is 0 Å². The molecule has 1 atom stereocenters. The molecule has 3 rings (SSSR count). The van der Waals surface area contributed by atoms with Crippen molar-refractivity contribution in [2.75, 3.05) is 13.1 Å². The number of nitrogens with one attached hydrogen (secondary N) is 1. The van der Waals surface area contributed by atoms with E-state index in [2.05, 4.69) is 5.32 Å². The molecular formula is C19H18F2N2O2. The van der Waals surface area contributed by atoms with Crippen LogP contribution in [0.4, 0.5) is 8.78 Å². The van der Waals surface area contributed by atoms with Gasteiger partial charge in [0.2, 0.25) is 0 Å². The Hall–Kier alpha value is -2.76. The minimum Gasteiger partial charge on any atom is -0.348 e. The van der Waals surface area contributed by atoms with Gasteiger partial charge >= 0.3 is 0 Å². The molecule has 0 aliphatic carbocycles. The number of hydrogen-bond acceptors (Lipinski definition) is 2. The number of carbonyl (C=O) groups excluding carboxylic acids is 2. The first-order chi connectivity index (χ1) is 12.0. The van der Waals surface area contributed by atoms with E-state index in [1.165, 1.54) is 0 Å². The van der Waals surface area contributed by atoms with E-state index in [9.17, 15) is 18.4 Å². The highest BCUT2D eigenvalue weighted by molar-refractivity contribution is 5.95. The van der Waals surface area contributed by atoms with Gasteiger partial charge in [-0.1, -0.05) is 18.2 Å². The van der Waals surface area contributed by atoms with Crippen LogP contribution >= 0.6 is 0 Å². The molecule has 130 valence electrons. The molecule has 2 aromatic carbocycles. The summed E-state index contributed by atoms with van der Waals surface area (Å²) in [5.74, 6) is -2.22. The Kier molecular flexibility index (Phi) is 5.07. The summed E-state index contributed by atoms with van der Waals surface area (Å²) < 4.78 is 26.5. The zero-order valence-corrected chi connectivity index (χ0v) is 13.5. The molecule has 0 spiro atoms. The van der Waals surface area contributed by atoms with E-state index in [-0.39, 0.29) is 17.5 Å². The molecule has 4 nitrogen and oxygen atoms in total. The van der Waals surface area contributed by atoms with Crippen molar-refractivity contribution >= 4 is 11.8 Å². The Balaban J connectivity index is 1.65. The van der Waals surface area contributed by atoms with Crippen LogP contribution in [0.15, 0.2) is 48.5 Å².